The van der Waals surface area contributed by atoms with Gasteiger partial charge in [0.25, 0.3) is 0 Å². The Kier molecular flexibility index (Phi) is 6.70. The van der Waals surface area contributed by atoms with E-state index in [1.807, 2.05) is 0 Å². The molecule has 1 aromatic carbocycles. The number of hydrogen-bond donors (Lipinski definition) is 1. The minimum atomic E-state index is 0.226. The van der Waals surface area contributed by atoms with Gasteiger partial charge >= 0.3 is 0 Å². The Morgan fingerprint density at radius 3 is 2.20 bits per heavy atom. The molecule has 0 heterocycles. The molecule has 2 heteroatoms. The van der Waals surface area contributed by atoms with E-state index in [4.69, 9.17) is 4.74 Å². The molecule has 20 heavy (non-hydrogen) atoms. The van der Waals surface area contributed by atoms with E-state index in [1.54, 1.807) is 7.11 Å². The zero-order valence-corrected chi connectivity index (χ0v) is 14.0. The van der Waals surface area contributed by atoms with Crippen LogP contribution in [0.2, 0.25) is 0 Å². The van der Waals surface area contributed by atoms with Gasteiger partial charge < -0.3 is 10.1 Å². The number of rotatable bonds is 7. The molecule has 0 aromatic heterocycles. The van der Waals surface area contributed by atoms with Crippen molar-refractivity contribution in [3.05, 3.63) is 35.4 Å². The number of methoxy groups -OCH3 is 1. The average Bonchev–Trinajstić information content (AvgIpc) is 2.38. The molecule has 1 N–H and O–H groups in total. The van der Waals surface area contributed by atoms with Crippen LogP contribution in [0, 0.1) is 0 Å². The lowest BCUT2D eigenvalue weighted by atomic mass is 9.86. The highest BCUT2D eigenvalue weighted by Gasteiger charge is 2.15. The molecule has 0 aliphatic rings. The lowest BCUT2D eigenvalue weighted by Gasteiger charge is -2.22. The maximum atomic E-state index is 5.39. The van der Waals surface area contributed by atoms with Gasteiger partial charge in [0.1, 0.15) is 0 Å². The van der Waals surface area contributed by atoms with Crippen LogP contribution in [-0.2, 0) is 16.6 Å². The van der Waals surface area contributed by atoms with E-state index in [2.05, 4.69) is 64.2 Å². The van der Waals surface area contributed by atoms with E-state index in [1.165, 1.54) is 11.1 Å². The van der Waals surface area contributed by atoms with E-state index in [0.29, 0.717) is 12.1 Å². The predicted molar refractivity (Wildman–Crippen MR) is 87.4 cm³/mol. The van der Waals surface area contributed by atoms with Gasteiger partial charge in [-0.2, -0.15) is 0 Å². The van der Waals surface area contributed by atoms with Crippen LogP contribution in [0.1, 0.15) is 52.2 Å². The van der Waals surface area contributed by atoms with Gasteiger partial charge in [-0.25, -0.2) is 0 Å². The molecule has 0 saturated heterocycles. The van der Waals surface area contributed by atoms with Crippen molar-refractivity contribution in [2.24, 2.45) is 0 Å². The van der Waals surface area contributed by atoms with Gasteiger partial charge in [-0.3, -0.25) is 0 Å². The van der Waals surface area contributed by atoms with Gasteiger partial charge in [0.2, 0.25) is 0 Å². The predicted octanol–water partition coefficient (Wildman–Crippen LogP) is 3.93. The standard InChI is InChI=1S/C18H31NO/c1-7-19-17(12-14(2)20-6)13-15-8-10-16(11-9-15)18(3,4)5/h8-11,14,17,19H,7,12-13H2,1-6H3. The summed E-state index contributed by atoms with van der Waals surface area (Å²) < 4.78 is 5.39. The van der Waals surface area contributed by atoms with Crippen molar-refractivity contribution in [2.45, 2.75) is 65.0 Å². The molecule has 0 spiro atoms. The van der Waals surface area contributed by atoms with Crippen molar-refractivity contribution in [3.8, 4) is 0 Å². The fourth-order valence-electron chi connectivity index (χ4n) is 2.45. The Bertz CT molecular complexity index is 377. The number of ether oxygens (including phenoxy) is 1. The van der Waals surface area contributed by atoms with Crippen molar-refractivity contribution >= 4 is 0 Å². The van der Waals surface area contributed by atoms with Gasteiger partial charge in [-0.1, -0.05) is 52.0 Å². The second-order valence-corrected chi connectivity index (χ2v) is 6.69. The normalized spacial score (nSPS) is 15.1. The molecule has 2 atom stereocenters. The third-order valence-electron chi connectivity index (χ3n) is 3.81. The summed E-state index contributed by atoms with van der Waals surface area (Å²) in [4.78, 5) is 0. The molecule has 0 aliphatic carbocycles. The molecule has 2 nitrogen and oxygen atoms in total. The first kappa shape index (κ1) is 17.2. The molecule has 0 bridgehead atoms. The number of likely N-dealkylation sites (N-methyl/N-ethyl adjacent to an activating group) is 1. The monoisotopic (exact) mass is 277 g/mol. The van der Waals surface area contributed by atoms with Crippen molar-refractivity contribution in [1.29, 1.82) is 0 Å². The Labute approximate surface area is 124 Å². The maximum absolute atomic E-state index is 5.39. The fourth-order valence-corrected chi connectivity index (χ4v) is 2.45. The lowest BCUT2D eigenvalue weighted by molar-refractivity contribution is 0.101. The highest BCUT2D eigenvalue weighted by molar-refractivity contribution is 5.28. The van der Waals surface area contributed by atoms with E-state index in [0.717, 1.165) is 19.4 Å². The first-order valence-electron chi connectivity index (χ1n) is 7.72. The third kappa shape index (κ3) is 5.64. The molecule has 1 rings (SSSR count). The Morgan fingerprint density at radius 2 is 1.75 bits per heavy atom. The Balaban J connectivity index is 2.68. The molecule has 0 saturated carbocycles. The maximum Gasteiger partial charge on any atom is 0.0558 e. The van der Waals surface area contributed by atoms with Crippen LogP contribution < -0.4 is 5.32 Å². The number of benzene rings is 1. The highest BCUT2D eigenvalue weighted by atomic mass is 16.5. The van der Waals surface area contributed by atoms with Crippen LogP contribution in [0.15, 0.2) is 24.3 Å². The first-order chi connectivity index (χ1) is 9.36. The average molecular weight is 277 g/mol. The smallest absolute Gasteiger partial charge is 0.0558 e. The Hall–Kier alpha value is -0.860. The molecule has 114 valence electrons. The molecule has 2 unspecified atom stereocenters. The summed E-state index contributed by atoms with van der Waals surface area (Å²) in [5, 5.41) is 3.56. The van der Waals surface area contributed by atoms with Gasteiger partial charge in [-0.15, -0.1) is 0 Å². The second-order valence-electron chi connectivity index (χ2n) is 6.69. The highest BCUT2D eigenvalue weighted by Crippen LogP contribution is 2.22. The lowest BCUT2D eigenvalue weighted by Crippen LogP contribution is -2.34. The summed E-state index contributed by atoms with van der Waals surface area (Å²) in [6.07, 6.45) is 2.41. The molecule has 0 aliphatic heterocycles. The van der Waals surface area contributed by atoms with Crippen molar-refractivity contribution in [3.63, 3.8) is 0 Å². The summed E-state index contributed by atoms with van der Waals surface area (Å²) in [5.41, 5.74) is 3.02. The Morgan fingerprint density at radius 1 is 1.15 bits per heavy atom. The third-order valence-corrected chi connectivity index (χ3v) is 3.81. The summed E-state index contributed by atoms with van der Waals surface area (Å²) in [7, 11) is 1.78. The molecule has 1 aromatic rings. The molecule has 0 radical (unpaired) electrons. The summed E-state index contributed by atoms with van der Waals surface area (Å²) in [6, 6.07) is 9.54. The number of nitrogens with one attached hydrogen (secondary N) is 1. The van der Waals surface area contributed by atoms with Crippen LogP contribution >= 0.6 is 0 Å². The van der Waals surface area contributed by atoms with Crippen LogP contribution in [0.4, 0.5) is 0 Å². The topological polar surface area (TPSA) is 21.3 Å². The van der Waals surface area contributed by atoms with Gasteiger partial charge in [0.15, 0.2) is 0 Å². The van der Waals surface area contributed by atoms with E-state index < -0.39 is 0 Å². The SMILES string of the molecule is CCNC(Cc1ccc(C(C)(C)C)cc1)CC(C)OC. The van der Waals surface area contributed by atoms with Gasteiger partial charge in [0.05, 0.1) is 6.10 Å². The molecule has 0 fully saturated rings. The van der Waals surface area contributed by atoms with Crippen molar-refractivity contribution in [2.75, 3.05) is 13.7 Å². The van der Waals surface area contributed by atoms with Crippen LogP contribution in [0.3, 0.4) is 0 Å². The molecular weight excluding hydrogens is 246 g/mol. The summed E-state index contributed by atoms with van der Waals surface area (Å²) in [6.45, 7) is 12.1. The zero-order valence-electron chi connectivity index (χ0n) is 14.0. The van der Waals surface area contributed by atoms with E-state index in [-0.39, 0.29) is 5.41 Å². The van der Waals surface area contributed by atoms with Gasteiger partial charge in [0, 0.05) is 13.2 Å². The van der Waals surface area contributed by atoms with Crippen LogP contribution in [0.5, 0.6) is 0 Å². The second kappa shape index (κ2) is 7.80. The van der Waals surface area contributed by atoms with Crippen LogP contribution in [-0.4, -0.2) is 25.8 Å². The summed E-state index contributed by atoms with van der Waals surface area (Å²) in [5.74, 6) is 0. The minimum Gasteiger partial charge on any atom is -0.382 e. The van der Waals surface area contributed by atoms with E-state index >= 15 is 0 Å². The zero-order chi connectivity index (χ0) is 15.2. The quantitative estimate of drug-likeness (QED) is 0.815. The molecule has 0 amide bonds. The minimum absolute atomic E-state index is 0.226. The fraction of sp³-hybridized carbons (Fsp3) is 0.667. The largest absolute Gasteiger partial charge is 0.382 e. The summed E-state index contributed by atoms with van der Waals surface area (Å²) >= 11 is 0. The van der Waals surface area contributed by atoms with E-state index in [9.17, 15) is 0 Å². The number of hydrogen-bond acceptors (Lipinski definition) is 2. The van der Waals surface area contributed by atoms with Crippen molar-refractivity contribution < 1.29 is 4.74 Å². The first-order valence-corrected chi connectivity index (χ1v) is 7.72. The van der Waals surface area contributed by atoms with Gasteiger partial charge in [-0.05, 0) is 42.9 Å². The van der Waals surface area contributed by atoms with Crippen molar-refractivity contribution in [1.82, 2.24) is 5.32 Å². The van der Waals surface area contributed by atoms with Crippen LogP contribution in [0.25, 0.3) is 0 Å². The molecular formula is C18H31NO.